The summed E-state index contributed by atoms with van der Waals surface area (Å²) in [6.45, 7) is 7.89. The molecule has 1 aliphatic rings. The summed E-state index contributed by atoms with van der Waals surface area (Å²) >= 11 is 0. The standard InChI is InChI=1S/C24H33N3O3S/c1-17-4-6-20(7-5-17)8-9-21-10-12-27(13-11-21)16-24(28)26-23-15-22(31(25,29)30)14-18(2)19(23)3/h4-7,14-15,21H,8-13,16H2,1-3H3,(H,26,28)(H2,25,29,30). The van der Waals surface area contributed by atoms with Gasteiger partial charge in [0, 0.05) is 5.69 Å². The number of benzene rings is 2. The molecule has 3 rings (SSSR count). The fraction of sp³-hybridized carbons (Fsp3) is 0.458. The van der Waals surface area contributed by atoms with E-state index in [-0.39, 0.29) is 10.8 Å². The van der Waals surface area contributed by atoms with Crippen molar-refractivity contribution in [3.8, 4) is 0 Å². The smallest absolute Gasteiger partial charge is 0.238 e. The summed E-state index contributed by atoms with van der Waals surface area (Å²) < 4.78 is 23.4. The number of aryl methyl sites for hydroxylation is 3. The molecule has 0 aromatic heterocycles. The van der Waals surface area contributed by atoms with Crippen LogP contribution in [-0.4, -0.2) is 38.9 Å². The van der Waals surface area contributed by atoms with Gasteiger partial charge in [0.2, 0.25) is 15.9 Å². The second-order valence-electron chi connectivity index (χ2n) is 8.75. The number of hydrogen-bond donors (Lipinski definition) is 2. The number of hydrogen-bond acceptors (Lipinski definition) is 4. The quantitative estimate of drug-likeness (QED) is 0.685. The zero-order valence-electron chi connectivity index (χ0n) is 18.6. The van der Waals surface area contributed by atoms with E-state index in [0.717, 1.165) is 43.5 Å². The van der Waals surface area contributed by atoms with Gasteiger partial charge in [-0.2, -0.15) is 0 Å². The van der Waals surface area contributed by atoms with Gasteiger partial charge in [-0.25, -0.2) is 13.6 Å². The monoisotopic (exact) mass is 443 g/mol. The summed E-state index contributed by atoms with van der Waals surface area (Å²) in [4.78, 5) is 14.8. The van der Waals surface area contributed by atoms with Gasteiger partial charge >= 0.3 is 0 Å². The molecule has 0 bridgehead atoms. The molecule has 0 radical (unpaired) electrons. The zero-order valence-corrected chi connectivity index (χ0v) is 19.5. The van der Waals surface area contributed by atoms with E-state index >= 15 is 0 Å². The number of rotatable bonds is 7. The van der Waals surface area contributed by atoms with Crippen LogP contribution in [0.5, 0.6) is 0 Å². The molecular weight excluding hydrogens is 410 g/mol. The van der Waals surface area contributed by atoms with Crippen LogP contribution in [-0.2, 0) is 21.2 Å². The first-order chi connectivity index (χ1) is 14.6. The lowest BCUT2D eigenvalue weighted by Crippen LogP contribution is -2.39. The summed E-state index contributed by atoms with van der Waals surface area (Å²) in [7, 11) is -3.82. The van der Waals surface area contributed by atoms with Crippen LogP contribution in [0.1, 0.15) is 41.5 Å². The highest BCUT2D eigenvalue weighted by molar-refractivity contribution is 7.89. The topological polar surface area (TPSA) is 92.5 Å². The van der Waals surface area contributed by atoms with Crippen LogP contribution in [0.25, 0.3) is 0 Å². The van der Waals surface area contributed by atoms with Gasteiger partial charge in [-0.1, -0.05) is 29.8 Å². The number of primary sulfonamides is 1. The molecule has 1 heterocycles. The third-order valence-electron chi connectivity index (χ3n) is 6.28. The molecule has 2 aromatic rings. The van der Waals surface area contributed by atoms with Gasteiger partial charge in [0.05, 0.1) is 11.4 Å². The molecule has 1 saturated heterocycles. The Balaban J connectivity index is 1.49. The van der Waals surface area contributed by atoms with Crippen LogP contribution in [0.15, 0.2) is 41.3 Å². The Morgan fingerprint density at radius 1 is 1.10 bits per heavy atom. The number of sulfonamides is 1. The Morgan fingerprint density at radius 2 is 1.74 bits per heavy atom. The van der Waals surface area contributed by atoms with Crippen LogP contribution in [0.4, 0.5) is 5.69 Å². The number of amides is 1. The molecule has 0 spiro atoms. The lowest BCUT2D eigenvalue weighted by atomic mass is 9.90. The van der Waals surface area contributed by atoms with Crippen molar-refractivity contribution in [2.24, 2.45) is 11.1 Å². The van der Waals surface area contributed by atoms with Gasteiger partial charge in [0.15, 0.2) is 0 Å². The summed E-state index contributed by atoms with van der Waals surface area (Å²) in [5.74, 6) is 0.559. The molecule has 1 fully saturated rings. The molecule has 0 saturated carbocycles. The predicted molar refractivity (Wildman–Crippen MR) is 125 cm³/mol. The molecule has 0 atom stereocenters. The van der Waals surface area contributed by atoms with Gasteiger partial charge in [0.25, 0.3) is 0 Å². The van der Waals surface area contributed by atoms with Crippen molar-refractivity contribution in [2.75, 3.05) is 25.0 Å². The molecule has 168 valence electrons. The van der Waals surface area contributed by atoms with Crippen LogP contribution in [0.3, 0.4) is 0 Å². The molecule has 1 amide bonds. The van der Waals surface area contributed by atoms with Crippen molar-refractivity contribution in [3.05, 3.63) is 58.7 Å². The Hall–Kier alpha value is -2.22. The van der Waals surface area contributed by atoms with E-state index in [9.17, 15) is 13.2 Å². The predicted octanol–water partition coefficient (Wildman–Crippen LogP) is 3.54. The van der Waals surface area contributed by atoms with Crippen LogP contribution in [0, 0.1) is 26.7 Å². The van der Waals surface area contributed by atoms with Crippen LogP contribution in [0.2, 0.25) is 0 Å². The minimum absolute atomic E-state index is 0.0142. The molecule has 3 N–H and O–H groups in total. The van der Waals surface area contributed by atoms with Crippen LogP contribution >= 0.6 is 0 Å². The molecule has 0 unspecified atom stereocenters. The average Bonchev–Trinajstić information content (AvgIpc) is 2.71. The summed E-state index contributed by atoms with van der Waals surface area (Å²) in [5.41, 5.74) is 4.80. The number of likely N-dealkylation sites (tertiary alicyclic amines) is 1. The second kappa shape index (κ2) is 9.94. The van der Waals surface area contributed by atoms with E-state index in [1.54, 1.807) is 6.92 Å². The highest BCUT2D eigenvalue weighted by Gasteiger charge is 2.21. The molecule has 6 nitrogen and oxygen atoms in total. The highest BCUT2D eigenvalue weighted by Crippen LogP contribution is 2.25. The normalized spacial score (nSPS) is 15.7. The van der Waals surface area contributed by atoms with Crippen molar-refractivity contribution in [3.63, 3.8) is 0 Å². The average molecular weight is 444 g/mol. The van der Waals surface area contributed by atoms with Crippen LogP contribution < -0.4 is 10.5 Å². The molecule has 2 aromatic carbocycles. The largest absolute Gasteiger partial charge is 0.325 e. The summed E-state index contributed by atoms with van der Waals surface area (Å²) in [6.07, 6.45) is 4.47. The Labute approximate surface area is 185 Å². The third kappa shape index (κ3) is 6.63. The SMILES string of the molecule is Cc1ccc(CCC2CCN(CC(=O)Nc3cc(S(N)(=O)=O)cc(C)c3C)CC2)cc1. The molecule has 0 aliphatic carbocycles. The lowest BCUT2D eigenvalue weighted by Gasteiger charge is -2.31. The van der Waals surface area contributed by atoms with E-state index < -0.39 is 10.0 Å². The van der Waals surface area contributed by atoms with Gasteiger partial charge in [-0.15, -0.1) is 0 Å². The van der Waals surface area contributed by atoms with Crippen molar-refractivity contribution in [2.45, 2.75) is 51.3 Å². The summed E-state index contributed by atoms with van der Waals surface area (Å²) in [5, 5.41) is 8.13. The van der Waals surface area contributed by atoms with Gasteiger partial charge in [-0.05, 0) is 94.3 Å². The second-order valence-corrected chi connectivity index (χ2v) is 10.3. The minimum Gasteiger partial charge on any atom is -0.325 e. The Kier molecular flexibility index (Phi) is 7.51. The first-order valence-electron chi connectivity index (χ1n) is 10.8. The maximum absolute atomic E-state index is 12.6. The van der Waals surface area contributed by atoms with E-state index in [1.165, 1.54) is 29.7 Å². The fourth-order valence-electron chi connectivity index (χ4n) is 4.07. The minimum atomic E-state index is -3.82. The van der Waals surface area contributed by atoms with E-state index in [2.05, 4.69) is 41.4 Å². The number of carbonyl (C=O) groups is 1. The number of nitrogens with zero attached hydrogens (tertiary/aromatic N) is 1. The Morgan fingerprint density at radius 3 is 2.35 bits per heavy atom. The van der Waals surface area contributed by atoms with Gasteiger partial charge in [0.1, 0.15) is 0 Å². The lowest BCUT2D eigenvalue weighted by molar-refractivity contribution is -0.117. The molecule has 7 heteroatoms. The molecule has 31 heavy (non-hydrogen) atoms. The van der Waals surface area contributed by atoms with Gasteiger partial charge < -0.3 is 5.32 Å². The highest BCUT2D eigenvalue weighted by atomic mass is 32.2. The summed E-state index contributed by atoms with van der Waals surface area (Å²) in [6, 6.07) is 11.7. The number of carbonyl (C=O) groups excluding carboxylic acids is 1. The maximum atomic E-state index is 12.6. The first-order valence-corrected chi connectivity index (χ1v) is 12.4. The number of nitrogens with one attached hydrogen (secondary N) is 1. The number of anilines is 1. The van der Waals surface area contributed by atoms with E-state index in [0.29, 0.717) is 18.2 Å². The Bertz CT molecular complexity index is 1020. The van der Waals surface area contributed by atoms with Gasteiger partial charge in [-0.3, -0.25) is 9.69 Å². The van der Waals surface area contributed by atoms with Crippen molar-refractivity contribution >= 4 is 21.6 Å². The first kappa shape index (κ1) is 23.4. The van der Waals surface area contributed by atoms with Crippen molar-refractivity contribution in [1.29, 1.82) is 0 Å². The zero-order chi connectivity index (χ0) is 22.6. The number of piperidine rings is 1. The van der Waals surface area contributed by atoms with E-state index in [1.807, 2.05) is 6.92 Å². The third-order valence-corrected chi connectivity index (χ3v) is 7.17. The number of nitrogens with two attached hydrogens (primary N) is 1. The molecule has 1 aliphatic heterocycles. The fourth-order valence-corrected chi connectivity index (χ4v) is 4.70. The maximum Gasteiger partial charge on any atom is 0.238 e. The van der Waals surface area contributed by atoms with E-state index in [4.69, 9.17) is 5.14 Å². The molecular formula is C24H33N3O3S. The van der Waals surface area contributed by atoms with Crippen molar-refractivity contribution < 1.29 is 13.2 Å². The van der Waals surface area contributed by atoms with Crippen molar-refractivity contribution in [1.82, 2.24) is 4.90 Å².